The van der Waals surface area contributed by atoms with E-state index in [0.717, 1.165) is 0 Å². The molecule has 0 heterocycles. The van der Waals surface area contributed by atoms with Gasteiger partial charge in [-0.2, -0.15) is 0 Å². The first kappa shape index (κ1) is 15.4. The van der Waals surface area contributed by atoms with Crippen LogP contribution in [0.25, 0.3) is 0 Å². The maximum atomic E-state index is 13.8. The Labute approximate surface area is 128 Å². The zero-order valence-electron chi connectivity index (χ0n) is 11.0. The lowest BCUT2D eigenvalue weighted by atomic mass is 10.1. The summed E-state index contributed by atoms with van der Waals surface area (Å²) in [6.45, 7) is 1.61. The first-order valence-electron chi connectivity index (χ1n) is 6.01. The van der Waals surface area contributed by atoms with Gasteiger partial charge in [-0.3, -0.25) is 10.1 Å². The van der Waals surface area contributed by atoms with Crippen molar-refractivity contribution in [3.05, 3.63) is 67.7 Å². The van der Waals surface area contributed by atoms with Crippen molar-refractivity contribution in [2.45, 2.75) is 13.5 Å². The van der Waals surface area contributed by atoms with Crippen LogP contribution in [-0.2, 0) is 6.54 Å². The lowest BCUT2D eigenvalue weighted by molar-refractivity contribution is -0.385. The van der Waals surface area contributed by atoms with Gasteiger partial charge in [-0.05, 0) is 46.1 Å². The fourth-order valence-electron chi connectivity index (χ4n) is 1.82. The Morgan fingerprint density at radius 1 is 1.29 bits per heavy atom. The molecule has 2 rings (SSSR count). The number of nitrogens with zero attached hydrogens (tertiary/aromatic N) is 1. The number of halogens is 3. The molecule has 110 valence electrons. The van der Waals surface area contributed by atoms with Crippen molar-refractivity contribution in [1.82, 2.24) is 0 Å². The number of anilines is 1. The highest BCUT2D eigenvalue weighted by atomic mass is 79.9. The Hall–Kier alpha value is -2.02. The molecule has 0 unspecified atom stereocenters. The minimum absolute atomic E-state index is 0.0748. The lowest BCUT2D eigenvalue weighted by Gasteiger charge is -2.10. The Bertz CT molecular complexity index is 708. The fraction of sp³-hybridized carbons (Fsp3) is 0.143. The molecule has 2 aromatic carbocycles. The van der Waals surface area contributed by atoms with Crippen LogP contribution in [0, 0.1) is 28.7 Å². The van der Waals surface area contributed by atoms with E-state index in [9.17, 15) is 18.9 Å². The van der Waals surface area contributed by atoms with Crippen LogP contribution < -0.4 is 5.32 Å². The molecule has 0 bridgehead atoms. The topological polar surface area (TPSA) is 55.2 Å². The van der Waals surface area contributed by atoms with E-state index in [0.29, 0.717) is 15.6 Å². The molecule has 0 radical (unpaired) electrons. The van der Waals surface area contributed by atoms with Crippen LogP contribution in [0.2, 0.25) is 0 Å². The Morgan fingerprint density at radius 2 is 2.00 bits per heavy atom. The zero-order chi connectivity index (χ0) is 15.6. The number of hydrogen-bond donors (Lipinski definition) is 1. The van der Waals surface area contributed by atoms with Gasteiger partial charge in [0.05, 0.1) is 9.40 Å². The predicted octanol–water partition coefficient (Wildman–Crippen LogP) is 4.56. The second kappa shape index (κ2) is 6.17. The molecule has 2 aromatic rings. The monoisotopic (exact) mass is 356 g/mol. The highest BCUT2D eigenvalue weighted by Crippen LogP contribution is 2.27. The molecule has 21 heavy (non-hydrogen) atoms. The molecule has 0 spiro atoms. The average molecular weight is 357 g/mol. The summed E-state index contributed by atoms with van der Waals surface area (Å²) in [6.07, 6.45) is 0. The molecular formula is C14H11BrF2N2O2. The minimum Gasteiger partial charge on any atom is -0.376 e. The van der Waals surface area contributed by atoms with Gasteiger partial charge in [0.1, 0.15) is 11.5 Å². The van der Waals surface area contributed by atoms with Crippen LogP contribution in [0.15, 0.2) is 34.8 Å². The highest BCUT2D eigenvalue weighted by molar-refractivity contribution is 9.10. The van der Waals surface area contributed by atoms with Crippen molar-refractivity contribution < 1.29 is 13.7 Å². The molecule has 0 atom stereocenters. The largest absolute Gasteiger partial charge is 0.376 e. The Morgan fingerprint density at radius 3 is 2.67 bits per heavy atom. The number of rotatable bonds is 4. The molecule has 0 fully saturated rings. The van der Waals surface area contributed by atoms with Gasteiger partial charge in [0.25, 0.3) is 5.69 Å². The summed E-state index contributed by atoms with van der Waals surface area (Å²) >= 11 is 3.08. The van der Waals surface area contributed by atoms with Crippen LogP contribution in [0.3, 0.4) is 0 Å². The van der Waals surface area contributed by atoms with Gasteiger partial charge < -0.3 is 5.32 Å². The van der Waals surface area contributed by atoms with E-state index in [4.69, 9.17) is 0 Å². The van der Waals surface area contributed by atoms with Crippen molar-refractivity contribution in [3.8, 4) is 0 Å². The number of hydrogen-bond acceptors (Lipinski definition) is 3. The van der Waals surface area contributed by atoms with E-state index in [1.165, 1.54) is 31.2 Å². The molecule has 0 amide bonds. The third-order valence-electron chi connectivity index (χ3n) is 2.96. The molecule has 4 nitrogen and oxygen atoms in total. The van der Waals surface area contributed by atoms with E-state index in [2.05, 4.69) is 21.2 Å². The third-order valence-corrected chi connectivity index (χ3v) is 3.63. The molecule has 0 aliphatic carbocycles. The number of aryl methyl sites for hydroxylation is 1. The molecule has 0 aromatic heterocycles. The van der Waals surface area contributed by atoms with Crippen molar-refractivity contribution >= 4 is 27.3 Å². The minimum atomic E-state index is -0.704. The summed E-state index contributed by atoms with van der Waals surface area (Å²) in [5.41, 5.74) is 0.533. The van der Waals surface area contributed by atoms with E-state index in [1.54, 1.807) is 6.07 Å². The van der Waals surface area contributed by atoms with Gasteiger partial charge in [0, 0.05) is 12.6 Å². The standard InChI is InChI=1S/C14H11BrF2N2O2/c1-8-2-5-11(16)14(13(8)17)18-7-9-3-4-10(15)12(6-9)19(20)21/h2-6,18H,7H2,1H3. The lowest BCUT2D eigenvalue weighted by Crippen LogP contribution is -2.05. The average Bonchev–Trinajstić information content (AvgIpc) is 2.44. The van der Waals surface area contributed by atoms with Crippen molar-refractivity contribution in [2.75, 3.05) is 5.32 Å². The SMILES string of the molecule is Cc1ccc(F)c(NCc2ccc(Br)c([N+](=O)[O-])c2)c1F. The predicted molar refractivity (Wildman–Crippen MR) is 79.2 cm³/mol. The molecule has 0 saturated heterocycles. The van der Waals surface area contributed by atoms with Gasteiger partial charge >= 0.3 is 0 Å². The number of benzene rings is 2. The number of nitro groups is 1. The van der Waals surface area contributed by atoms with Crippen LogP contribution in [0.1, 0.15) is 11.1 Å². The second-order valence-electron chi connectivity index (χ2n) is 4.45. The summed E-state index contributed by atoms with van der Waals surface area (Å²) in [4.78, 5) is 10.3. The third kappa shape index (κ3) is 3.36. The van der Waals surface area contributed by atoms with Gasteiger partial charge in [0.15, 0.2) is 5.82 Å². The van der Waals surface area contributed by atoms with Gasteiger partial charge in [-0.15, -0.1) is 0 Å². The van der Waals surface area contributed by atoms with Gasteiger partial charge in [-0.1, -0.05) is 12.1 Å². The summed E-state index contributed by atoms with van der Waals surface area (Å²) in [5, 5.41) is 13.5. The quantitative estimate of drug-likeness (QED) is 0.645. The maximum Gasteiger partial charge on any atom is 0.283 e. The molecule has 7 heteroatoms. The summed E-state index contributed by atoms with van der Waals surface area (Å²) in [6, 6.07) is 7.03. The van der Waals surface area contributed by atoms with Crippen molar-refractivity contribution in [1.29, 1.82) is 0 Å². The van der Waals surface area contributed by atoms with E-state index < -0.39 is 16.6 Å². The molecule has 0 aliphatic rings. The first-order chi connectivity index (χ1) is 9.90. The van der Waals surface area contributed by atoms with Crippen LogP contribution in [-0.4, -0.2) is 4.92 Å². The molecular weight excluding hydrogens is 346 g/mol. The van der Waals surface area contributed by atoms with Crippen molar-refractivity contribution in [2.24, 2.45) is 0 Å². The first-order valence-corrected chi connectivity index (χ1v) is 6.80. The number of nitro benzene ring substituents is 1. The van der Waals surface area contributed by atoms with E-state index >= 15 is 0 Å². The van der Waals surface area contributed by atoms with Gasteiger partial charge in [0.2, 0.25) is 0 Å². The zero-order valence-corrected chi connectivity index (χ0v) is 12.6. The van der Waals surface area contributed by atoms with Crippen LogP contribution in [0.5, 0.6) is 0 Å². The van der Waals surface area contributed by atoms with E-state index in [1.807, 2.05) is 0 Å². The number of nitrogens with one attached hydrogen (secondary N) is 1. The normalized spacial score (nSPS) is 10.5. The Balaban J connectivity index is 2.23. The summed E-state index contributed by atoms with van der Waals surface area (Å²) < 4.78 is 27.8. The summed E-state index contributed by atoms with van der Waals surface area (Å²) in [7, 11) is 0. The molecule has 0 saturated carbocycles. The van der Waals surface area contributed by atoms with Crippen LogP contribution in [0.4, 0.5) is 20.2 Å². The molecule has 1 N–H and O–H groups in total. The van der Waals surface area contributed by atoms with Crippen molar-refractivity contribution in [3.63, 3.8) is 0 Å². The smallest absolute Gasteiger partial charge is 0.283 e. The summed E-state index contributed by atoms with van der Waals surface area (Å²) in [5.74, 6) is -1.37. The van der Waals surface area contributed by atoms with Gasteiger partial charge in [-0.25, -0.2) is 8.78 Å². The fourth-order valence-corrected chi connectivity index (χ4v) is 2.21. The molecule has 0 aliphatic heterocycles. The van der Waals surface area contributed by atoms with Crippen LogP contribution >= 0.6 is 15.9 Å². The second-order valence-corrected chi connectivity index (χ2v) is 5.30. The highest BCUT2D eigenvalue weighted by Gasteiger charge is 2.14. The maximum absolute atomic E-state index is 13.8. The Kier molecular flexibility index (Phi) is 4.52. The van der Waals surface area contributed by atoms with E-state index in [-0.39, 0.29) is 17.9 Å².